The molecule has 2 aromatic rings. The number of nitrogens with zero attached hydrogens (tertiary/aromatic N) is 2. The SMILES string of the molecule is N#Cc1cccnc1NCC(=O)Nc1ccc(Br)cc1. The lowest BCUT2D eigenvalue weighted by molar-refractivity contribution is -0.114. The van der Waals surface area contributed by atoms with Crippen LogP contribution in [0, 0.1) is 11.3 Å². The zero-order valence-electron chi connectivity index (χ0n) is 10.4. The first kappa shape index (κ1) is 14.0. The Morgan fingerprint density at radius 1 is 1.30 bits per heavy atom. The summed E-state index contributed by atoms with van der Waals surface area (Å²) in [5.41, 5.74) is 1.12. The van der Waals surface area contributed by atoms with Crippen molar-refractivity contribution in [2.75, 3.05) is 17.2 Å². The summed E-state index contributed by atoms with van der Waals surface area (Å²) in [6, 6.07) is 12.6. The van der Waals surface area contributed by atoms with Crippen LogP contribution in [0.1, 0.15) is 5.56 Å². The van der Waals surface area contributed by atoms with Gasteiger partial charge in [-0.25, -0.2) is 4.98 Å². The summed E-state index contributed by atoms with van der Waals surface area (Å²) in [5, 5.41) is 14.5. The zero-order valence-corrected chi connectivity index (χ0v) is 12.0. The second kappa shape index (κ2) is 6.68. The van der Waals surface area contributed by atoms with E-state index in [4.69, 9.17) is 5.26 Å². The molecule has 1 heterocycles. The smallest absolute Gasteiger partial charge is 0.243 e. The van der Waals surface area contributed by atoms with Crippen LogP contribution in [-0.2, 0) is 4.79 Å². The minimum atomic E-state index is -0.207. The predicted octanol–water partition coefficient (Wildman–Crippen LogP) is 2.77. The number of anilines is 2. The van der Waals surface area contributed by atoms with Crippen LogP contribution in [0.25, 0.3) is 0 Å². The van der Waals surface area contributed by atoms with E-state index in [1.54, 1.807) is 30.5 Å². The summed E-state index contributed by atoms with van der Waals surface area (Å²) < 4.78 is 0.945. The van der Waals surface area contributed by atoms with Gasteiger partial charge in [0.1, 0.15) is 11.9 Å². The molecule has 0 aliphatic heterocycles. The number of carbonyl (C=O) groups is 1. The Balaban J connectivity index is 1.92. The second-order valence-corrected chi connectivity index (χ2v) is 4.84. The Bertz CT molecular complexity index is 649. The number of amides is 1. The lowest BCUT2D eigenvalue weighted by Crippen LogP contribution is -2.22. The van der Waals surface area contributed by atoms with Crippen molar-refractivity contribution in [3.05, 3.63) is 52.6 Å². The maximum Gasteiger partial charge on any atom is 0.243 e. The summed E-state index contributed by atoms with van der Waals surface area (Å²) in [4.78, 5) is 15.8. The maximum atomic E-state index is 11.8. The third kappa shape index (κ3) is 3.80. The van der Waals surface area contributed by atoms with E-state index < -0.39 is 0 Å². The third-order valence-electron chi connectivity index (χ3n) is 2.47. The molecule has 100 valence electrons. The standard InChI is InChI=1S/C14H11BrN4O/c15-11-3-5-12(6-4-11)19-13(20)9-18-14-10(8-16)2-1-7-17-14/h1-7H,9H2,(H,17,18)(H,19,20). The second-order valence-electron chi connectivity index (χ2n) is 3.92. The summed E-state index contributed by atoms with van der Waals surface area (Å²) in [5.74, 6) is 0.197. The molecule has 0 saturated carbocycles. The Hall–Kier alpha value is -2.39. The molecule has 1 aromatic heterocycles. The average Bonchev–Trinajstić information content (AvgIpc) is 2.48. The average molecular weight is 331 g/mol. The Morgan fingerprint density at radius 3 is 2.75 bits per heavy atom. The molecule has 5 nitrogen and oxygen atoms in total. The molecule has 0 spiro atoms. The van der Waals surface area contributed by atoms with E-state index in [9.17, 15) is 4.79 Å². The Labute approximate surface area is 124 Å². The predicted molar refractivity (Wildman–Crippen MR) is 80.2 cm³/mol. The van der Waals surface area contributed by atoms with Crippen LogP contribution in [-0.4, -0.2) is 17.4 Å². The molecular weight excluding hydrogens is 320 g/mol. The molecule has 0 saturated heterocycles. The van der Waals surface area contributed by atoms with Crippen molar-refractivity contribution in [3.63, 3.8) is 0 Å². The molecule has 0 fully saturated rings. The molecule has 1 amide bonds. The Kier molecular flexibility index (Phi) is 4.69. The van der Waals surface area contributed by atoms with Gasteiger partial charge < -0.3 is 10.6 Å². The minimum Gasteiger partial charge on any atom is -0.360 e. The number of benzene rings is 1. The number of hydrogen-bond donors (Lipinski definition) is 2. The van der Waals surface area contributed by atoms with E-state index >= 15 is 0 Å². The highest BCUT2D eigenvalue weighted by atomic mass is 79.9. The largest absolute Gasteiger partial charge is 0.360 e. The van der Waals surface area contributed by atoms with Gasteiger partial charge in [0, 0.05) is 16.4 Å². The van der Waals surface area contributed by atoms with Crippen LogP contribution in [0.4, 0.5) is 11.5 Å². The fourth-order valence-corrected chi connectivity index (χ4v) is 1.80. The first-order chi connectivity index (χ1) is 9.69. The monoisotopic (exact) mass is 330 g/mol. The molecule has 0 aliphatic rings. The minimum absolute atomic E-state index is 0.0434. The fourth-order valence-electron chi connectivity index (χ4n) is 1.54. The van der Waals surface area contributed by atoms with Crippen LogP contribution < -0.4 is 10.6 Å². The van der Waals surface area contributed by atoms with Gasteiger partial charge in [0.05, 0.1) is 12.1 Å². The van der Waals surface area contributed by atoms with Crippen molar-refractivity contribution in [2.45, 2.75) is 0 Å². The van der Waals surface area contributed by atoms with Gasteiger partial charge >= 0.3 is 0 Å². The van der Waals surface area contributed by atoms with Gasteiger partial charge in [-0.15, -0.1) is 0 Å². The Morgan fingerprint density at radius 2 is 2.05 bits per heavy atom. The molecule has 0 unspecified atom stereocenters. The first-order valence-corrected chi connectivity index (χ1v) is 6.63. The van der Waals surface area contributed by atoms with Gasteiger partial charge in [-0.2, -0.15) is 5.26 Å². The number of nitriles is 1. The number of rotatable bonds is 4. The number of hydrogen-bond acceptors (Lipinski definition) is 4. The molecule has 1 aromatic carbocycles. The van der Waals surface area contributed by atoms with E-state index in [0.29, 0.717) is 17.1 Å². The lowest BCUT2D eigenvalue weighted by Gasteiger charge is -2.08. The van der Waals surface area contributed by atoms with E-state index in [0.717, 1.165) is 4.47 Å². The van der Waals surface area contributed by atoms with Gasteiger partial charge in [0.15, 0.2) is 0 Å². The van der Waals surface area contributed by atoms with Gasteiger partial charge in [-0.1, -0.05) is 15.9 Å². The summed E-state index contributed by atoms with van der Waals surface area (Å²) in [6.07, 6.45) is 1.57. The lowest BCUT2D eigenvalue weighted by atomic mass is 10.3. The molecule has 2 N–H and O–H groups in total. The first-order valence-electron chi connectivity index (χ1n) is 5.83. The maximum absolute atomic E-state index is 11.8. The molecule has 0 bridgehead atoms. The van der Waals surface area contributed by atoms with Gasteiger partial charge in [-0.3, -0.25) is 4.79 Å². The molecule has 0 radical (unpaired) electrons. The molecule has 6 heteroatoms. The highest BCUT2D eigenvalue weighted by Gasteiger charge is 2.05. The number of carbonyl (C=O) groups excluding carboxylic acids is 1. The number of halogens is 1. The van der Waals surface area contributed by atoms with Crippen molar-refractivity contribution in [2.24, 2.45) is 0 Å². The summed E-state index contributed by atoms with van der Waals surface area (Å²) in [7, 11) is 0. The van der Waals surface area contributed by atoms with Crippen molar-refractivity contribution in [1.29, 1.82) is 5.26 Å². The summed E-state index contributed by atoms with van der Waals surface area (Å²) in [6.45, 7) is 0.0434. The highest BCUT2D eigenvalue weighted by Crippen LogP contribution is 2.14. The molecule has 0 aliphatic carbocycles. The van der Waals surface area contributed by atoms with Crippen molar-refractivity contribution in [3.8, 4) is 6.07 Å². The van der Waals surface area contributed by atoms with E-state index in [1.807, 2.05) is 18.2 Å². The van der Waals surface area contributed by atoms with Crippen molar-refractivity contribution >= 4 is 33.3 Å². The number of aromatic nitrogens is 1. The third-order valence-corrected chi connectivity index (χ3v) is 3.00. The summed E-state index contributed by atoms with van der Waals surface area (Å²) >= 11 is 3.32. The van der Waals surface area contributed by atoms with E-state index in [1.165, 1.54) is 0 Å². The number of pyridine rings is 1. The van der Waals surface area contributed by atoms with Crippen LogP contribution in [0.2, 0.25) is 0 Å². The van der Waals surface area contributed by atoms with Gasteiger partial charge in [-0.05, 0) is 36.4 Å². The van der Waals surface area contributed by atoms with Crippen LogP contribution in [0.3, 0.4) is 0 Å². The van der Waals surface area contributed by atoms with Gasteiger partial charge in [0.25, 0.3) is 0 Å². The van der Waals surface area contributed by atoms with Crippen LogP contribution >= 0.6 is 15.9 Å². The van der Waals surface area contributed by atoms with Gasteiger partial charge in [0.2, 0.25) is 5.91 Å². The van der Waals surface area contributed by atoms with E-state index in [2.05, 4.69) is 31.5 Å². The van der Waals surface area contributed by atoms with Crippen LogP contribution in [0.5, 0.6) is 0 Å². The van der Waals surface area contributed by atoms with Crippen molar-refractivity contribution < 1.29 is 4.79 Å². The van der Waals surface area contributed by atoms with Crippen molar-refractivity contribution in [1.82, 2.24) is 4.98 Å². The highest BCUT2D eigenvalue weighted by molar-refractivity contribution is 9.10. The van der Waals surface area contributed by atoms with E-state index in [-0.39, 0.29) is 12.5 Å². The molecule has 0 atom stereocenters. The topological polar surface area (TPSA) is 77.8 Å². The molecule has 2 rings (SSSR count). The normalized spacial score (nSPS) is 9.60. The quantitative estimate of drug-likeness (QED) is 0.903. The van der Waals surface area contributed by atoms with Crippen LogP contribution in [0.15, 0.2) is 47.1 Å². The molecular formula is C14H11BrN4O. The zero-order chi connectivity index (χ0) is 14.4. The number of nitrogens with one attached hydrogen (secondary N) is 2. The fraction of sp³-hybridized carbons (Fsp3) is 0.0714. The molecule has 20 heavy (non-hydrogen) atoms.